The van der Waals surface area contributed by atoms with Crippen LogP contribution in [0, 0.1) is 6.92 Å². The normalized spacial score (nSPS) is 11.1. The van der Waals surface area contributed by atoms with E-state index in [0.29, 0.717) is 5.75 Å². The minimum absolute atomic E-state index is 0.318. The first-order valence-corrected chi connectivity index (χ1v) is 7.41. The fourth-order valence-corrected chi connectivity index (χ4v) is 2.78. The van der Waals surface area contributed by atoms with Crippen LogP contribution in [0.5, 0.6) is 5.75 Å². The summed E-state index contributed by atoms with van der Waals surface area (Å²) in [5.41, 5.74) is 4.56. The lowest BCUT2D eigenvalue weighted by Gasteiger charge is -2.10. The van der Waals surface area contributed by atoms with E-state index in [1.807, 2.05) is 25.1 Å². The molecule has 108 valence electrons. The molecule has 3 rings (SSSR count). The molecule has 0 saturated carbocycles. The molecule has 21 heavy (non-hydrogen) atoms. The van der Waals surface area contributed by atoms with Crippen molar-refractivity contribution in [3.05, 3.63) is 59.4 Å². The number of aromatic nitrogens is 2. The van der Waals surface area contributed by atoms with Crippen LogP contribution in [-0.2, 0) is 13.0 Å². The summed E-state index contributed by atoms with van der Waals surface area (Å²) >= 11 is 0. The number of aryl methyl sites for hydroxylation is 2. The van der Waals surface area contributed by atoms with Crippen LogP contribution in [0.15, 0.2) is 42.5 Å². The molecule has 0 atom stereocenters. The van der Waals surface area contributed by atoms with E-state index in [-0.39, 0.29) is 0 Å². The van der Waals surface area contributed by atoms with E-state index >= 15 is 0 Å². The number of para-hydroxylation sites is 2. The standard InChI is InChI=1S/C18H20N2O/c1-3-10-20-17-7-5-4-6-16(17)19-18(20)12-14-8-9-15(21)11-13(14)2/h4-9,11,21H,3,10,12H2,1-2H3. The minimum Gasteiger partial charge on any atom is -0.508 e. The van der Waals surface area contributed by atoms with E-state index < -0.39 is 0 Å². The summed E-state index contributed by atoms with van der Waals surface area (Å²) in [6.45, 7) is 5.19. The molecule has 1 aromatic heterocycles. The van der Waals surface area contributed by atoms with E-state index in [2.05, 4.69) is 29.7 Å². The number of fused-ring (bicyclic) bond motifs is 1. The van der Waals surface area contributed by atoms with E-state index in [9.17, 15) is 5.11 Å². The molecule has 3 aromatic rings. The molecule has 0 aliphatic carbocycles. The van der Waals surface area contributed by atoms with Gasteiger partial charge in [-0.05, 0) is 48.7 Å². The smallest absolute Gasteiger partial charge is 0.115 e. The van der Waals surface area contributed by atoms with Crippen LogP contribution < -0.4 is 0 Å². The minimum atomic E-state index is 0.318. The summed E-state index contributed by atoms with van der Waals surface area (Å²) in [4.78, 5) is 4.79. The number of phenols is 1. The maximum absolute atomic E-state index is 9.54. The van der Waals surface area contributed by atoms with Gasteiger partial charge in [0.25, 0.3) is 0 Å². The van der Waals surface area contributed by atoms with E-state index in [1.165, 1.54) is 11.1 Å². The van der Waals surface area contributed by atoms with Gasteiger partial charge >= 0.3 is 0 Å². The monoisotopic (exact) mass is 280 g/mol. The number of phenolic OH excluding ortho intramolecular Hbond substituents is 1. The number of hydrogen-bond acceptors (Lipinski definition) is 2. The zero-order chi connectivity index (χ0) is 14.8. The molecular formula is C18H20N2O. The Bertz CT molecular complexity index is 774. The van der Waals surface area contributed by atoms with Gasteiger partial charge in [-0.15, -0.1) is 0 Å². The highest BCUT2D eigenvalue weighted by molar-refractivity contribution is 5.76. The molecule has 2 aromatic carbocycles. The molecule has 0 radical (unpaired) electrons. The second-order valence-corrected chi connectivity index (χ2v) is 5.46. The third kappa shape index (κ3) is 2.64. The van der Waals surface area contributed by atoms with Crippen molar-refractivity contribution in [3.63, 3.8) is 0 Å². The van der Waals surface area contributed by atoms with Crippen LogP contribution in [0.3, 0.4) is 0 Å². The van der Waals surface area contributed by atoms with Crippen molar-refractivity contribution in [3.8, 4) is 5.75 Å². The summed E-state index contributed by atoms with van der Waals surface area (Å²) in [5.74, 6) is 1.41. The van der Waals surface area contributed by atoms with Crippen LogP contribution in [0.4, 0.5) is 0 Å². The predicted octanol–water partition coefficient (Wildman–Crippen LogP) is 4.05. The first-order chi connectivity index (χ1) is 10.2. The van der Waals surface area contributed by atoms with Crippen molar-refractivity contribution in [1.82, 2.24) is 9.55 Å². The van der Waals surface area contributed by atoms with Gasteiger partial charge in [-0.25, -0.2) is 4.98 Å². The first-order valence-electron chi connectivity index (χ1n) is 7.41. The molecule has 0 fully saturated rings. The van der Waals surface area contributed by atoms with Gasteiger partial charge in [-0.2, -0.15) is 0 Å². The van der Waals surface area contributed by atoms with Gasteiger partial charge in [0.1, 0.15) is 11.6 Å². The van der Waals surface area contributed by atoms with Gasteiger partial charge in [-0.3, -0.25) is 0 Å². The zero-order valence-corrected chi connectivity index (χ0v) is 12.5. The summed E-state index contributed by atoms with van der Waals surface area (Å²) in [5, 5.41) is 9.54. The fraction of sp³-hybridized carbons (Fsp3) is 0.278. The Morgan fingerprint density at radius 2 is 1.95 bits per heavy atom. The summed E-state index contributed by atoms with van der Waals surface area (Å²) in [7, 11) is 0. The number of rotatable bonds is 4. The average Bonchev–Trinajstić information content (AvgIpc) is 2.81. The number of nitrogens with zero attached hydrogens (tertiary/aromatic N) is 2. The Morgan fingerprint density at radius 3 is 2.71 bits per heavy atom. The van der Waals surface area contributed by atoms with Crippen LogP contribution in [0.1, 0.15) is 30.3 Å². The predicted molar refractivity (Wildman–Crippen MR) is 85.7 cm³/mol. The Hall–Kier alpha value is -2.29. The van der Waals surface area contributed by atoms with Crippen molar-refractivity contribution in [2.75, 3.05) is 0 Å². The number of hydrogen-bond donors (Lipinski definition) is 1. The highest BCUT2D eigenvalue weighted by Crippen LogP contribution is 2.22. The maximum Gasteiger partial charge on any atom is 0.115 e. The van der Waals surface area contributed by atoms with Gasteiger partial charge in [0.15, 0.2) is 0 Å². The number of benzene rings is 2. The summed E-state index contributed by atoms with van der Waals surface area (Å²) < 4.78 is 2.31. The molecule has 0 bridgehead atoms. The van der Waals surface area contributed by atoms with Gasteiger partial charge < -0.3 is 9.67 Å². The highest BCUT2D eigenvalue weighted by Gasteiger charge is 2.11. The zero-order valence-electron chi connectivity index (χ0n) is 12.5. The highest BCUT2D eigenvalue weighted by atomic mass is 16.3. The third-order valence-electron chi connectivity index (χ3n) is 3.86. The lowest BCUT2D eigenvalue weighted by molar-refractivity contribution is 0.474. The topological polar surface area (TPSA) is 38.0 Å². The Morgan fingerprint density at radius 1 is 1.14 bits per heavy atom. The van der Waals surface area contributed by atoms with Crippen LogP contribution in [-0.4, -0.2) is 14.7 Å². The van der Waals surface area contributed by atoms with Crippen LogP contribution >= 0.6 is 0 Å². The Balaban J connectivity index is 2.05. The molecule has 0 spiro atoms. The molecule has 0 aliphatic heterocycles. The SMILES string of the molecule is CCCn1c(Cc2ccc(O)cc2C)nc2ccccc21. The first kappa shape index (κ1) is 13.7. The Kier molecular flexibility index (Phi) is 3.65. The summed E-state index contributed by atoms with van der Waals surface area (Å²) in [6, 6.07) is 13.8. The molecule has 0 aliphatic rings. The van der Waals surface area contributed by atoms with E-state index in [0.717, 1.165) is 36.3 Å². The maximum atomic E-state index is 9.54. The van der Waals surface area contributed by atoms with Crippen molar-refractivity contribution in [1.29, 1.82) is 0 Å². The van der Waals surface area contributed by atoms with Crippen LogP contribution in [0.2, 0.25) is 0 Å². The fourth-order valence-electron chi connectivity index (χ4n) is 2.78. The molecule has 3 nitrogen and oxygen atoms in total. The third-order valence-corrected chi connectivity index (χ3v) is 3.86. The number of imidazole rings is 1. The van der Waals surface area contributed by atoms with E-state index in [1.54, 1.807) is 6.07 Å². The van der Waals surface area contributed by atoms with Crippen molar-refractivity contribution in [2.45, 2.75) is 33.2 Å². The number of aromatic hydroxyl groups is 1. The second-order valence-electron chi connectivity index (χ2n) is 5.46. The van der Waals surface area contributed by atoms with Crippen molar-refractivity contribution < 1.29 is 5.11 Å². The van der Waals surface area contributed by atoms with Gasteiger partial charge in [-0.1, -0.05) is 25.1 Å². The van der Waals surface area contributed by atoms with Crippen molar-refractivity contribution >= 4 is 11.0 Å². The lowest BCUT2D eigenvalue weighted by Crippen LogP contribution is -2.05. The Labute approximate surface area is 124 Å². The lowest BCUT2D eigenvalue weighted by atomic mass is 10.1. The average molecular weight is 280 g/mol. The molecule has 3 heteroatoms. The molecule has 0 amide bonds. The van der Waals surface area contributed by atoms with Gasteiger partial charge in [0.05, 0.1) is 11.0 Å². The second kappa shape index (κ2) is 5.60. The molecule has 1 heterocycles. The van der Waals surface area contributed by atoms with Crippen molar-refractivity contribution in [2.24, 2.45) is 0 Å². The molecule has 1 N–H and O–H groups in total. The van der Waals surface area contributed by atoms with Crippen LogP contribution in [0.25, 0.3) is 11.0 Å². The largest absolute Gasteiger partial charge is 0.508 e. The quantitative estimate of drug-likeness (QED) is 0.783. The molecular weight excluding hydrogens is 260 g/mol. The van der Waals surface area contributed by atoms with Gasteiger partial charge in [0, 0.05) is 13.0 Å². The molecule has 0 saturated heterocycles. The molecule has 0 unspecified atom stereocenters. The van der Waals surface area contributed by atoms with E-state index in [4.69, 9.17) is 4.98 Å². The summed E-state index contributed by atoms with van der Waals surface area (Å²) in [6.07, 6.45) is 1.88. The van der Waals surface area contributed by atoms with Gasteiger partial charge in [0.2, 0.25) is 0 Å².